The van der Waals surface area contributed by atoms with E-state index in [9.17, 15) is 18.4 Å². The lowest BCUT2D eigenvalue weighted by atomic mass is 10.0. The third-order valence-electron chi connectivity index (χ3n) is 4.30. The number of rotatable bonds is 5. The van der Waals surface area contributed by atoms with Gasteiger partial charge in [0.15, 0.2) is 11.6 Å². The van der Waals surface area contributed by atoms with Crippen LogP contribution in [0.3, 0.4) is 0 Å². The monoisotopic (exact) mass is 373 g/mol. The van der Waals surface area contributed by atoms with Gasteiger partial charge < -0.3 is 14.5 Å². The average molecular weight is 373 g/mol. The molecule has 1 aromatic heterocycles. The lowest BCUT2D eigenvalue weighted by molar-refractivity contribution is -0.116. The highest BCUT2D eigenvalue weighted by Gasteiger charge is 2.14. The second kappa shape index (κ2) is 7.57. The summed E-state index contributed by atoms with van der Waals surface area (Å²) in [6.45, 7) is 1.79. The van der Waals surface area contributed by atoms with Crippen molar-refractivity contribution in [2.24, 2.45) is 0 Å². The molecule has 7 heteroatoms. The molecule has 0 fully saturated rings. The minimum absolute atomic E-state index is 0.00768. The van der Waals surface area contributed by atoms with Gasteiger partial charge in [-0.05, 0) is 43.2 Å². The maximum Gasteiger partial charge on any atom is 0.339 e. The number of aryl methyl sites for hydroxylation is 1. The van der Waals surface area contributed by atoms with E-state index in [1.54, 1.807) is 25.1 Å². The van der Waals surface area contributed by atoms with Crippen LogP contribution in [0.1, 0.15) is 17.5 Å². The van der Waals surface area contributed by atoms with Gasteiger partial charge in [-0.25, -0.2) is 13.6 Å². The molecule has 3 rings (SSSR count). The largest absolute Gasteiger partial charge is 0.497 e. The van der Waals surface area contributed by atoms with E-state index in [0.717, 1.165) is 23.1 Å². The summed E-state index contributed by atoms with van der Waals surface area (Å²) in [5, 5.41) is 3.23. The minimum atomic E-state index is -1.05. The topological polar surface area (TPSA) is 68.5 Å². The number of methoxy groups -OCH3 is 1. The standard InChI is InChI=1S/C20H17F2NO4/c1-11-14-5-4-13(26-2)10-18(14)27-20(25)15(11)6-8-19(24)23-12-3-7-16(21)17(22)9-12/h3-5,7,9-10H,6,8H2,1-2H3,(H,23,24). The minimum Gasteiger partial charge on any atom is -0.497 e. The van der Waals surface area contributed by atoms with Crippen LogP contribution >= 0.6 is 0 Å². The van der Waals surface area contributed by atoms with Crippen molar-refractivity contribution in [1.82, 2.24) is 0 Å². The molecule has 1 N–H and O–H groups in total. The maximum absolute atomic E-state index is 13.2. The molecule has 0 aliphatic carbocycles. The van der Waals surface area contributed by atoms with E-state index in [1.165, 1.54) is 13.2 Å². The van der Waals surface area contributed by atoms with Crippen LogP contribution in [0.4, 0.5) is 14.5 Å². The third kappa shape index (κ3) is 3.97. The molecule has 0 atom stereocenters. The Labute approximate surface area is 153 Å². The molecular formula is C20H17F2NO4. The van der Waals surface area contributed by atoms with Gasteiger partial charge in [0.05, 0.1) is 7.11 Å². The number of carbonyl (C=O) groups excluding carboxylic acids is 1. The van der Waals surface area contributed by atoms with Gasteiger partial charge >= 0.3 is 5.63 Å². The molecule has 0 aliphatic rings. The fraction of sp³-hybridized carbons (Fsp3) is 0.200. The number of nitrogens with one attached hydrogen (secondary N) is 1. The van der Waals surface area contributed by atoms with Crippen LogP contribution in [0.15, 0.2) is 45.6 Å². The van der Waals surface area contributed by atoms with Crippen LogP contribution in [0.25, 0.3) is 11.0 Å². The van der Waals surface area contributed by atoms with E-state index in [4.69, 9.17) is 9.15 Å². The summed E-state index contributed by atoms with van der Waals surface area (Å²) in [6.07, 6.45) is 0.151. The van der Waals surface area contributed by atoms with Crippen molar-refractivity contribution in [2.45, 2.75) is 19.8 Å². The van der Waals surface area contributed by atoms with E-state index in [2.05, 4.69) is 5.32 Å². The number of hydrogen-bond donors (Lipinski definition) is 1. The number of benzene rings is 2. The van der Waals surface area contributed by atoms with Gasteiger partial charge in [-0.3, -0.25) is 4.79 Å². The van der Waals surface area contributed by atoms with E-state index in [0.29, 0.717) is 16.9 Å². The first kappa shape index (κ1) is 18.6. The molecule has 0 bridgehead atoms. The van der Waals surface area contributed by atoms with Gasteiger partial charge in [-0.2, -0.15) is 0 Å². The Morgan fingerprint density at radius 2 is 1.93 bits per heavy atom. The van der Waals surface area contributed by atoms with Gasteiger partial charge in [0.25, 0.3) is 0 Å². The Kier molecular flexibility index (Phi) is 5.21. The number of fused-ring (bicyclic) bond motifs is 1. The summed E-state index contributed by atoms with van der Waals surface area (Å²) in [4.78, 5) is 24.4. The quantitative estimate of drug-likeness (QED) is 0.688. The fourth-order valence-electron chi connectivity index (χ4n) is 2.83. The molecule has 1 amide bonds. The molecule has 140 valence electrons. The summed E-state index contributed by atoms with van der Waals surface area (Å²) in [5.74, 6) is -1.89. The van der Waals surface area contributed by atoms with Gasteiger partial charge in [-0.15, -0.1) is 0 Å². The van der Waals surface area contributed by atoms with Crippen LogP contribution in [0, 0.1) is 18.6 Å². The van der Waals surface area contributed by atoms with Gasteiger partial charge in [0.1, 0.15) is 11.3 Å². The number of hydrogen-bond acceptors (Lipinski definition) is 4. The van der Waals surface area contributed by atoms with Gasteiger partial charge in [0.2, 0.25) is 5.91 Å². The zero-order valence-electron chi connectivity index (χ0n) is 14.8. The Bertz CT molecular complexity index is 1080. The second-order valence-electron chi connectivity index (χ2n) is 6.03. The number of anilines is 1. The first-order valence-corrected chi connectivity index (χ1v) is 8.24. The molecule has 2 aromatic carbocycles. The van der Waals surface area contributed by atoms with Crippen LogP contribution in [-0.4, -0.2) is 13.0 Å². The van der Waals surface area contributed by atoms with Crippen LogP contribution in [0.2, 0.25) is 0 Å². The highest BCUT2D eigenvalue weighted by atomic mass is 19.2. The first-order chi connectivity index (χ1) is 12.9. The Morgan fingerprint density at radius 3 is 2.63 bits per heavy atom. The van der Waals surface area contributed by atoms with Gasteiger partial charge in [-0.1, -0.05) is 0 Å². The third-order valence-corrected chi connectivity index (χ3v) is 4.30. The summed E-state index contributed by atoms with van der Waals surface area (Å²) in [7, 11) is 1.52. The summed E-state index contributed by atoms with van der Waals surface area (Å²) < 4.78 is 36.6. The summed E-state index contributed by atoms with van der Waals surface area (Å²) in [5.41, 5.74) is 1.16. The smallest absolute Gasteiger partial charge is 0.339 e. The molecule has 0 saturated carbocycles. The number of carbonyl (C=O) groups is 1. The Hall–Kier alpha value is -3.22. The van der Waals surface area contributed by atoms with Crippen molar-refractivity contribution < 1.29 is 22.7 Å². The molecular weight excluding hydrogens is 356 g/mol. The van der Waals surface area contributed by atoms with E-state index in [1.807, 2.05) is 0 Å². The lowest BCUT2D eigenvalue weighted by Crippen LogP contribution is -2.16. The van der Waals surface area contributed by atoms with Crippen LogP contribution in [0.5, 0.6) is 5.75 Å². The van der Waals surface area contributed by atoms with Crippen molar-refractivity contribution >= 4 is 22.6 Å². The normalized spacial score (nSPS) is 10.8. The van der Waals surface area contributed by atoms with Crippen molar-refractivity contribution in [3.05, 3.63) is 69.6 Å². The molecule has 0 radical (unpaired) electrons. The molecule has 5 nitrogen and oxygen atoms in total. The van der Waals surface area contributed by atoms with Crippen molar-refractivity contribution in [3.8, 4) is 5.75 Å². The average Bonchev–Trinajstić information content (AvgIpc) is 2.64. The first-order valence-electron chi connectivity index (χ1n) is 8.24. The lowest BCUT2D eigenvalue weighted by Gasteiger charge is -2.09. The molecule has 27 heavy (non-hydrogen) atoms. The highest BCUT2D eigenvalue weighted by molar-refractivity contribution is 5.91. The fourth-order valence-corrected chi connectivity index (χ4v) is 2.83. The van der Waals surface area contributed by atoms with Crippen molar-refractivity contribution in [1.29, 1.82) is 0 Å². The molecule has 0 spiro atoms. The maximum atomic E-state index is 13.2. The highest BCUT2D eigenvalue weighted by Crippen LogP contribution is 2.24. The molecule has 0 aliphatic heterocycles. The molecule has 0 unspecified atom stereocenters. The Morgan fingerprint density at radius 1 is 1.15 bits per heavy atom. The SMILES string of the molecule is COc1ccc2c(C)c(CCC(=O)Nc3ccc(F)c(F)c3)c(=O)oc2c1. The summed E-state index contributed by atoms with van der Waals surface area (Å²) >= 11 is 0. The number of amides is 1. The van der Waals surface area contributed by atoms with E-state index in [-0.39, 0.29) is 18.5 Å². The van der Waals surface area contributed by atoms with Crippen molar-refractivity contribution in [2.75, 3.05) is 12.4 Å². The van der Waals surface area contributed by atoms with Crippen molar-refractivity contribution in [3.63, 3.8) is 0 Å². The van der Waals surface area contributed by atoms with E-state index >= 15 is 0 Å². The zero-order chi connectivity index (χ0) is 19.6. The van der Waals surface area contributed by atoms with Crippen LogP contribution < -0.4 is 15.7 Å². The number of halogens is 2. The molecule has 1 heterocycles. The van der Waals surface area contributed by atoms with Gasteiger partial charge in [0, 0.05) is 35.2 Å². The second-order valence-corrected chi connectivity index (χ2v) is 6.03. The molecule has 0 saturated heterocycles. The van der Waals surface area contributed by atoms with Crippen LogP contribution in [-0.2, 0) is 11.2 Å². The Balaban J connectivity index is 1.77. The zero-order valence-corrected chi connectivity index (χ0v) is 14.8. The summed E-state index contributed by atoms with van der Waals surface area (Å²) in [6, 6.07) is 8.27. The predicted octanol–water partition coefficient (Wildman–Crippen LogP) is 3.96. The molecule has 3 aromatic rings. The number of ether oxygens (including phenoxy) is 1. The predicted molar refractivity (Wildman–Crippen MR) is 97.1 cm³/mol. The van der Waals surface area contributed by atoms with E-state index < -0.39 is 23.2 Å².